The van der Waals surface area contributed by atoms with Gasteiger partial charge in [-0.15, -0.1) is 0 Å². The molecule has 0 aromatic heterocycles. The third-order valence-corrected chi connectivity index (χ3v) is 3.30. The van der Waals surface area contributed by atoms with Crippen LogP contribution in [0.4, 0.5) is 10.5 Å². The zero-order chi connectivity index (χ0) is 11.8. The van der Waals surface area contributed by atoms with E-state index in [0.29, 0.717) is 6.61 Å². The highest BCUT2D eigenvalue weighted by Crippen LogP contribution is 2.29. The second-order valence-electron chi connectivity index (χ2n) is 4.28. The Balaban J connectivity index is 1.95. The Labute approximate surface area is 100 Å². The molecule has 1 saturated heterocycles. The van der Waals surface area contributed by atoms with Gasteiger partial charge in [0, 0.05) is 19.3 Å². The first kappa shape index (κ1) is 10.2. The molecular formula is C13H14N2O2. The van der Waals surface area contributed by atoms with E-state index in [2.05, 4.69) is 29.2 Å². The third kappa shape index (κ3) is 1.56. The molecule has 1 amide bonds. The summed E-state index contributed by atoms with van der Waals surface area (Å²) in [6.07, 6.45) is 3.97. The molecule has 1 unspecified atom stereocenters. The first-order valence-corrected chi connectivity index (χ1v) is 5.69. The number of ether oxygens (including phenoxy) is 1. The Morgan fingerprint density at radius 3 is 2.94 bits per heavy atom. The molecule has 0 saturated carbocycles. The van der Waals surface area contributed by atoms with Crippen molar-refractivity contribution in [1.29, 1.82) is 0 Å². The van der Waals surface area contributed by atoms with Crippen molar-refractivity contribution in [3.63, 3.8) is 0 Å². The average molecular weight is 230 g/mol. The van der Waals surface area contributed by atoms with Crippen molar-refractivity contribution >= 4 is 17.9 Å². The molecule has 2 aliphatic heterocycles. The van der Waals surface area contributed by atoms with E-state index < -0.39 is 0 Å². The lowest BCUT2D eigenvalue weighted by atomic mass is 10.1. The van der Waals surface area contributed by atoms with Crippen molar-refractivity contribution in [1.82, 2.24) is 4.90 Å². The Morgan fingerprint density at radius 1 is 1.35 bits per heavy atom. The summed E-state index contributed by atoms with van der Waals surface area (Å²) in [5.74, 6) is 0. The van der Waals surface area contributed by atoms with Crippen LogP contribution in [0, 0.1) is 0 Å². The van der Waals surface area contributed by atoms with E-state index in [1.54, 1.807) is 11.9 Å². The number of likely N-dealkylation sites (N-methyl/N-ethyl adjacent to an activating group) is 1. The fraction of sp³-hybridized carbons (Fsp3) is 0.308. The van der Waals surface area contributed by atoms with Crippen molar-refractivity contribution in [2.45, 2.75) is 6.17 Å². The maximum atomic E-state index is 11.4. The van der Waals surface area contributed by atoms with Crippen LogP contribution in [0.15, 0.2) is 30.3 Å². The van der Waals surface area contributed by atoms with Crippen LogP contribution in [-0.4, -0.2) is 37.4 Å². The van der Waals surface area contributed by atoms with Crippen LogP contribution in [-0.2, 0) is 4.74 Å². The minimum Gasteiger partial charge on any atom is -0.445 e. The van der Waals surface area contributed by atoms with E-state index in [4.69, 9.17) is 4.74 Å². The number of benzene rings is 1. The summed E-state index contributed by atoms with van der Waals surface area (Å²) in [5.41, 5.74) is 2.34. The van der Waals surface area contributed by atoms with Crippen molar-refractivity contribution in [3.8, 4) is 0 Å². The zero-order valence-electron chi connectivity index (χ0n) is 9.67. The van der Waals surface area contributed by atoms with Crippen LogP contribution in [0.1, 0.15) is 5.56 Å². The number of hydrogen-bond acceptors (Lipinski definition) is 3. The Kier molecular flexibility index (Phi) is 2.28. The summed E-state index contributed by atoms with van der Waals surface area (Å²) in [7, 11) is 1.78. The molecule has 4 heteroatoms. The van der Waals surface area contributed by atoms with Crippen LogP contribution in [0.25, 0.3) is 6.08 Å². The molecule has 1 atom stereocenters. The highest BCUT2D eigenvalue weighted by Gasteiger charge is 2.35. The van der Waals surface area contributed by atoms with Crippen molar-refractivity contribution in [3.05, 3.63) is 35.9 Å². The van der Waals surface area contributed by atoms with Gasteiger partial charge < -0.3 is 9.64 Å². The number of hydrogen-bond donors (Lipinski definition) is 0. The first-order valence-electron chi connectivity index (χ1n) is 5.69. The molecule has 3 rings (SSSR count). The summed E-state index contributed by atoms with van der Waals surface area (Å²) in [5, 5.41) is 0. The first-order chi connectivity index (χ1) is 8.27. The molecule has 2 aliphatic rings. The van der Waals surface area contributed by atoms with Crippen molar-refractivity contribution in [2.75, 3.05) is 25.1 Å². The molecule has 88 valence electrons. The minimum atomic E-state index is -0.248. The maximum Gasteiger partial charge on any atom is 0.411 e. The van der Waals surface area contributed by atoms with E-state index in [-0.39, 0.29) is 12.3 Å². The standard InChI is InChI=1S/C13H14N2O2/c1-14-12(9-17-13(14)16)15-8-4-6-10-5-2-3-7-11(10)15/h2-7,12H,8-9H2,1H3. The summed E-state index contributed by atoms with van der Waals surface area (Å²) in [6, 6.07) is 8.19. The van der Waals surface area contributed by atoms with Gasteiger partial charge in [0.2, 0.25) is 0 Å². The van der Waals surface area contributed by atoms with Gasteiger partial charge in [-0.1, -0.05) is 30.4 Å². The lowest BCUT2D eigenvalue weighted by Gasteiger charge is -2.35. The predicted molar refractivity (Wildman–Crippen MR) is 65.7 cm³/mol. The van der Waals surface area contributed by atoms with Crippen LogP contribution in [0.5, 0.6) is 0 Å². The lowest BCUT2D eigenvalue weighted by molar-refractivity contribution is 0.163. The van der Waals surface area contributed by atoms with Crippen molar-refractivity contribution < 1.29 is 9.53 Å². The number of rotatable bonds is 1. The Hall–Kier alpha value is -1.97. The van der Waals surface area contributed by atoms with Gasteiger partial charge in [-0.3, -0.25) is 4.90 Å². The van der Waals surface area contributed by atoms with E-state index in [1.165, 1.54) is 5.56 Å². The summed E-state index contributed by atoms with van der Waals surface area (Å²) in [6.45, 7) is 1.24. The number of nitrogens with zero attached hydrogens (tertiary/aromatic N) is 2. The molecule has 4 nitrogen and oxygen atoms in total. The molecule has 1 fully saturated rings. The van der Waals surface area contributed by atoms with Gasteiger partial charge in [0.25, 0.3) is 0 Å². The molecule has 1 aromatic carbocycles. The maximum absolute atomic E-state index is 11.4. The number of carbonyl (C=O) groups is 1. The molecule has 0 radical (unpaired) electrons. The number of anilines is 1. The topological polar surface area (TPSA) is 32.8 Å². The Morgan fingerprint density at radius 2 is 2.18 bits per heavy atom. The van der Waals surface area contributed by atoms with Gasteiger partial charge in [0.1, 0.15) is 12.8 Å². The molecule has 0 bridgehead atoms. The third-order valence-electron chi connectivity index (χ3n) is 3.30. The molecule has 2 heterocycles. The van der Waals surface area contributed by atoms with Gasteiger partial charge >= 0.3 is 6.09 Å². The largest absolute Gasteiger partial charge is 0.445 e. The highest BCUT2D eigenvalue weighted by atomic mass is 16.6. The fourth-order valence-corrected chi connectivity index (χ4v) is 2.34. The second-order valence-corrected chi connectivity index (χ2v) is 4.28. The molecule has 0 aliphatic carbocycles. The van der Waals surface area contributed by atoms with E-state index in [0.717, 1.165) is 12.2 Å². The van der Waals surface area contributed by atoms with Gasteiger partial charge in [-0.05, 0) is 11.6 Å². The molecule has 1 aromatic rings. The number of fused-ring (bicyclic) bond motifs is 1. The summed E-state index contributed by atoms with van der Waals surface area (Å²) < 4.78 is 5.07. The summed E-state index contributed by atoms with van der Waals surface area (Å²) in [4.78, 5) is 15.2. The SMILES string of the molecule is CN1C(=O)OCC1N1CC=Cc2ccccc21. The lowest BCUT2D eigenvalue weighted by Crippen LogP contribution is -2.46. The number of cyclic esters (lactones) is 1. The fourth-order valence-electron chi connectivity index (χ4n) is 2.34. The average Bonchev–Trinajstić information content (AvgIpc) is 2.69. The zero-order valence-corrected chi connectivity index (χ0v) is 9.67. The van der Waals surface area contributed by atoms with E-state index >= 15 is 0 Å². The number of para-hydroxylation sites is 1. The van der Waals surface area contributed by atoms with Crippen LogP contribution in [0.3, 0.4) is 0 Å². The van der Waals surface area contributed by atoms with Crippen LogP contribution >= 0.6 is 0 Å². The second kappa shape index (κ2) is 3.80. The smallest absolute Gasteiger partial charge is 0.411 e. The van der Waals surface area contributed by atoms with Crippen LogP contribution < -0.4 is 4.90 Å². The quantitative estimate of drug-likeness (QED) is 0.739. The van der Waals surface area contributed by atoms with Gasteiger partial charge in [-0.25, -0.2) is 4.79 Å². The van der Waals surface area contributed by atoms with Gasteiger partial charge in [0.05, 0.1) is 0 Å². The van der Waals surface area contributed by atoms with Gasteiger partial charge in [0.15, 0.2) is 0 Å². The highest BCUT2D eigenvalue weighted by molar-refractivity contribution is 5.74. The normalized spacial score (nSPS) is 22.6. The minimum absolute atomic E-state index is 0.00593. The monoisotopic (exact) mass is 230 g/mol. The van der Waals surface area contributed by atoms with Crippen molar-refractivity contribution in [2.24, 2.45) is 0 Å². The summed E-state index contributed by atoms with van der Waals surface area (Å²) >= 11 is 0. The Bertz CT molecular complexity index is 484. The van der Waals surface area contributed by atoms with E-state index in [9.17, 15) is 4.79 Å². The number of amides is 1. The van der Waals surface area contributed by atoms with E-state index in [1.807, 2.05) is 12.1 Å². The molecule has 0 spiro atoms. The molecular weight excluding hydrogens is 216 g/mol. The molecule has 0 N–H and O–H groups in total. The number of carbonyl (C=O) groups excluding carboxylic acids is 1. The van der Waals surface area contributed by atoms with Gasteiger partial charge in [-0.2, -0.15) is 0 Å². The predicted octanol–water partition coefficient (Wildman–Crippen LogP) is 1.93. The molecule has 17 heavy (non-hydrogen) atoms. The van der Waals surface area contributed by atoms with Crippen LogP contribution in [0.2, 0.25) is 0 Å².